The molecule has 37 heavy (non-hydrogen) atoms. The van der Waals surface area contributed by atoms with Gasteiger partial charge >= 0.3 is 13.3 Å². The van der Waals surface area contributed by atoms with Gasteiger partial charge in [0.1, 0.15) is 12.4 Å². The number of hydrogen-bond donors (Lipinski definition) is 2. The highest BCUT2D eigenvalue weighted by Crippen LogP contribution is 2.36. The molecule has 1 saturated heterocycles. The average Bonchev–Trinajstić information content (AvgIpc) is 3.26. The Morgan fingerprint density at radius 1 is 1.05 bits per heavy atom. The third kappa shape index (κ3) is 5.77. The molecule has 0 unspecified atom stereocenters. The van der Waals surface area contributed by atoms with Crippen LogP contribution in [0.4, 0.5) is 29.2 Å². The minimum Gasteiger partial charge on any atom is -0.399 e. The lowest BCUT2D eigenvalue weighted by Crippen LogP contribution is -2.41. The van der Waals surface area contributed by atoms with Crippen molar-refractivity contribution >= 4 is 30.1 Å². The molecule has 2 N–H and O–H groups in total. The number of amides is 1. The van der Waals surface area contributed by atoms with Crippen LogP contribution in [-0.4, -0.2) is 51.7 Å². The Balaban J connectivity index is 1.45. The summed E-state index contributed by atoms with van der Waals surface area (Å²) in [6, 6.07) is 10.4. The van der Waals surface area contributed by atoms with Crippen molar-refractivity contribution < 1.29 is 31.7 Å². The standard InChI is InChI=1S/C24H26BF4N5O3/c1-22(2)23(3,4)37-25(36-22)17-11-10-16(12-18(17)26)31-21-32-19(33-34(21)5)14-6-8-15(9-7-14)20(35)30-13-24(27,28)29/h6-12H,13H2,1-5H3,(H,30,35)(H,31,32,33). The molecule has 2 aromatic carbocycles. The Labute approximate surface area is 211 Å². The molecular weight excluding hydrogens is 493 g/mol. The number of anilines is 2. The quantitative estimate of drug-likeness (QED) is 0.379. The monoisotopic (exact) mass is 519 g/mol. The minimum absolute atomic E-state index is 0.0693. The minimum atomic E-state index is -4.49. The van der Waals surface area contributed by atoms with E-state index in [4.69, 9.17) is 9.31 Å². The maximum Gasteiger partial charge on any atom is 0.497 e. The molecule has 1 amide bonds. The average molecular weight is 519 g/mol. The molecule has 3 aromatic rings. The highest BCUT2D eigenvalue weighted by atomic mass is 19.4. The fourth-order valence-corrected chi connectivity index (χ4v) is 3.56. The number of aromatic nitrogens is 3. The molecule has 0 radical (unpaired) electrons. The predicted octanol–water partition coefficient (Wildman–Crippen LogP) is 3.96. The van der Waals surface area contributed by atoms with Crippen molar-refractivity contribution in [3.63, 3.8) is 0 Å². The van der Waals surface area contributed by atoms with Gasteiger partial charge in [0, 0.05) is 29.3 Å². The molecule has 2 heterocycles. The summed E-state index contributed by atoms with van der Waals surface area (Å²) in [4.78, 5) is 16.3. The molecule has 196 valence electrons. The van der Waals surface area contributed by atoms with Crippen molar-refractivity contribution in [2.24, 2.45) is 7.05 Å². The molecule has 13 heteroatoms. The van der Waals surface area contributed by atoms with Gasteiger partial charge in [-0.3, -0.25) is 4.79 Å². The van der Waals surface area contributed by atoms with E-state index in [0.29, 0.717) is 23.0 Å². The summed E-state index contributed by atoms with van der Waals surface area (Å²) in [7, 11) is 0.811. The Hall–Kier alpha value is -3.45. The van der Waals surface area contributed by atoms with Crippen molar-refractivity contribution in [3.8, 4) is 11.4 Å². The first-order chi connectivity index (χ1) is 17.1. The van der Waals surface area contributed by atoms with Gasteiger partial charge in [-0.15, -0.1) is 5.10 Å². The maximum atomic E-state index is 15.0. The number of halogens is 4. The largest absolute Gasteiger partial charge is 0.497 e. The Morgan fingerprint density at radius 3 is 2.24 bits per heavy atom. The fraction of sp³-hybridized carbons (Fsp3) is 0.375. The number of nitrogens with one attached hydrogen (secondary N) is 2. The first kappa shape index (κ1) is 26.6. The third-order valence-electron chi connectivity index (χ3n) is 6.38. The van der Waals surface area contributed by atoms with E-state index in [1.165, 1.54) is 35.0 Å². The molecule has 1 aromatic heterocycles. The van der Waals surface area contributed by atoms with E-state index in [2.05, 4.69) is 15.4 Å². The van der Waals surface area contributed by atoms with Crippen LogP contribution >= 0.6 is 0 Å². The van der Waals surface area contributed by atoms with E-state index in [9.17, 15) is 22.4 Å². The summed E-state index contributed by atoms with van der Waals surface area (Å²) < 4.78 is 65.2. The Morgan fingerprint density at radius 2 is 1.68 bits per heavy atom. The van der Waals surface area contributed by atoms with E-state index >= 15 is 0 Å². The molecule has 8 nitrogen and oxygen atoms in total. The summed E-state index contributed by atoms with van der Waals surface area (Å²) in [6.45, 7) is 6.15. The SMILES string of the molecule is Cn1nc(-c2ccc(C(=O)NCC(F)(F)F)cc2)nc1Nc1ccc(B2OC(C)(C)C(C)(C)O2)c(F)c1. The van der Waals surface area contributed by atoms with Crippen LogP contribution in [0.3, 0.4) is 0 Å². The second-order valence-corrected chi connectivity index (χ2v) is 9.71. The fourth-order valence-electron chi connectivity index (χ4n) is 3.56. The van der Waals surface area contributed by atoms with Crippen molar-refractivity contribution in [1.29, 1.82) is 0 Å². The van der Waals surface area contributed by atoms with Gasteiger partial charge in [-0.2, -0.15) is 18.2 Å². The summed E-state index contributed by atoms with van der Waals surface area (Å²) >= 11 is 0. The number of hydrogen-bond acceptors (Lipinski definition) is 6. The molecule has 4 rings (SSSR count). The predicted molar refractivity (Wildman–Crippen MR) is 130 cm³/mol. The number of nitrogens with zero attached hydrogens (tertiary/aromatic N) is 3. The lowest BCUT2D eigenvalue weighted by molar-refractivity contribution is -0.123. The van der Waals surface area contributed by atoms with Crippen molar-refractivity contribution in [2.75, 3.05) is 11.9 Å². The van der Waals surface area contributed by atoms with Crippen LogP contribution in [-0.2, 0) is 16.4 Å². The van der Waals surface area contributed by atoms with Crippen molar-refractivity contribution in [3.05, 3.63) is 53.8 Å². The Kier molecular flexibility index (Phi) is 6.80. The zero-order valence-electron chi connectivity index (χ0n) is 20.9. The summed E-state index contributed by atoms with van der Waals surface area (Å²) in [5, 5.41) is 9.14. The number of alkyl halides is 3. The van der Waals surface area contributed by atoms with Crippen LogP contribution in [0.2, 0.25) is 0 Å². The normalized spacial score (nSPS) is 16.6. The van der Waals surface area contributed by atoms with Gasteiger partial charge in [-0.25, -0.2) is 9.07 Å². The molecule has 0 bridgehead atoms. The van der Waals surface area contributed by atoms with Crippen LogP contribution in [0, 0.1) is 5.82 Å². The van der Waals surface area contributed by atoms with Crippen molar-refractivity contribution in [1.82, 2.24) is 20.1 Å². The van der Waals surface area contributed by atoms with Gasteiger partial charge in [0.25, 0.3) is 5.91 Å². The first-order valence-corrected chi connectivity index (χ1v) is 11.4. The van der Waals surface area contributed by atoms with E-state index in [1.54, 1.807) is 19.2 Å². The number of rotatable bonds is 6. The molecule has 0 saturated carbocycles. The van der Waals surface area contributed by atoms with Crippen LogP contribution in [0.5, 0.6) is 0 Å². The van der Waals surface area contributed by atoms with E-state index in [-0.39, 0.29) is 11.0 Å². The van der Waals surface area contributed by atoms with E-state index in [1.807, 2.05) is 33.0 Å². The summed E-state index contributed by atoms with van der Waals surface area (Å²) in [5.74, 6) is -0.720. The van der Waals surface area contributed by atoms with Crippen LogP contribution in [0.25, 0.3) is 11.4 Å². The van der Waals surface area contributed by atoms with Gasteiger partial charge in [-0.1, -0.05) is 18.2 Å². The van der Waals surface area contributed by atoms with Crippen LogP contribution < -0.4 is 16.1 Å². The summed E-state index contributed by atoms with van der Waals surface area (Å²) in [6.07, 6.45) is -4.49. The maximum absolute atomic E-state index is 15.0. The van der Waals surface area contributed by atoms with Crippen molar-refractivity contribution in [2.45, 2.75) is 45.1 Å². The second kappa shape index (κ2) is 9.45. The molecule has 1 aliphatic rings. The lowest BCUT2D eigenvalue weighted by Gasteiger charge is -2.32. The number of aryl methyl sites for hydroxylation is 1. The molecule has 1 fully saturated rings. The highest BCUT2D eigenvalue weighted by molar-refractivity contribution is 6.62. The summed E-state index contributed by atoms with van der Waals surface area (Å²) in [5.41, 5.74) is 0.124. The smallest absolute Gasteiger partial charge is 0.399 e. The molecule has 0 aliphatic carbocycles. The first-order valence-electron chi connectivity index (χ1n) is 11.4. The van der Waals surface area contributed by atoms with Crippen LogP contribution in [0.1, 0.15) is 38.1 Å². The number of benzene rings is 2. The molecule has 1 aliphatic heterocycles. The second-order valence-electron chi connectivity index (χ2n) is 9.71. The molecule has 0 atom stereocenters. The number of carbonyl (C=O) groups is 1. The zero-order chi connectivity index (χ0) is 27.2. The van der Waals surface area contributed by atoms with Gasteiger partial charge in [0.2, 0.25) is 5.95 Å². The molecular formula is C24H26BF4N5O3. The van der Waals surface area contributed by atoms with Gasteiger partial charge in [0.15, 0.2) is 5.82 Å². The van der Waals surface area contributed by atoms with Gasteiger partial charge < -0.3 is 19.9 Å². The third-order valence-corrected chi connectivity index (χ3v) is 6.38. The topological polar surface area (TPSA) is 90.3 Å². The van der Waals surface area contributed by atoms with Gasteiger partial charge in [0.05, 0.1) is 11.2 Å². The number of carbonyl (C=O) groups excluding carboxylic acids is 1. The van der Waals surface area contributed by atoms with E-state index < -0.39 is 42.8 Å². The highest BCUT2D eigenvalue weighted by Gasteiger charge is 2.52. The van der Waals surface area contributed by atoms with Gasteiger partial charge in [-0.05, 0) is 52.0 Å². The lowest BCUT2D eigenvalue weighted by atomic mass is 9.78. The Bertz CT molecular complexity index is 1290. The van der Waals surface area contributed by atoms with Crippen LogP contribution in [0.15, 0.2) is 42.5 Å². The molecule has 0 spiro atoms. The zero-order valence-corrected chi connectivity index (χ0v) is 20.9. The van der Waals surface area contributed by atoms with E-state index in [0.717, 1.165) is 0 Å².